The maximum absolute atomic E-state index is 12.5. The van der Waals surface area contributed by atoms with Crippen molar-refractivity contribution >= 4 is 11.8 Å². The number of para-hydroxylation sites is 1. The second kappa shape index (κ2) is 8.70. The van der Waals surface area contributed by atoms with Gasteiger partial charge < -0.3 is 15.0 Å². The van der Waals surface area contributed by atoms with Crippen LogP contribution in [-0.2, 0) is 29.2 Å². The number of fused-ring (bicyclic) bond motifs is 1. The molecule has 2 aromatic rings. The van der Waals surface area contributed by atoms with Gasteiger partial charge in [-0.15, -0.1) is 0 Å². The number of aromatic nitrogens is 2. The van der Waals surface area contributed by atoms with Gasteiger partial charge in [-0.05, 0) is 31.0 Å². The Morgan fingerprint density at radius 3 is 2.74 bits per heavy atom. The quantitative estimate of drug-likeness (QED) is 0.845. The van der Waals surface area contributed by atoms with Crippen molar-refractivity contribution < 1.29 is 14.3 Å². The van der Waals surface area contributed by atoms with Gasteiger partial charge in [0, 0.05) is 20.0 Å². The second-order valence-corrected chi connectivity index (χ2v) is 6.69. The molecule has 0 fully saturated rings. The standard InChI is InChI=1S/C20H26N4O3/c1-3-19(27-18-8-5-4-6-9-18)20(26)21-13-16-12-17-14-23(15(2)25)10-7-11-24(17)22-16/h4-6,8-9,12,19H,3,7,10-11,13-14H2,1-2H3,(H,21,26)/t19-/m0/s1. The highest BCUT2D eigenvalue weighted by atomic mass is 16.5. The summed E-state index contributed by atoms with van der Waals surface area (Å²) in [5.41, 5.74) is 1.79. The third kappa shape index (κ3) is 4.87. The molecule has 0 aliphatic carbocycles. The van der Waals surface area contributed by atoms with E-state index in [4.69, 9.17) is 4.74 Å². The lowest BCUT2D eigenvalue weighted by Gasteiger charge is -2.17. The van der Waals surface area contributed by atoms with Crippen molar-refractivity contribution in [1.82, 2.24) is 20.0 Å². The van der Waals surface area contributed by atoms with Crippen LogP contribution in [0.3, 0.4) is 0 Å². The minimum atomic E-state index is -0.541. The van der Waals surface area contributed by atoms with Crippen LogP contribution < -0.4 is 10.1 Å². The number of hydrogen-bond acceptors (Lipinski definition) is 4. The van der Waals surface area contributed by atoms with E-state index >= 15 is 0 Å². The average Bonchev–Trinajstić information content (AvgIpc) is 2.94. The molecule has 1 aromatic carbocycles. The Morgan fingerprint density at radius 1 is 1.26 bits per heavy atom. The van der Waals surface area contributed by atoms with E-state index in [9.17, 15) is 9.59 Å². The van der Waals surface area contributed by atoms with Crippen LogP contribution in [0.15, 0.2) is 36.4 Å². The first-order valence-electron chi connectivity index (χ1n) is 9.37. The molecule has 7 heteroatoms. The molecular weight excluding hydrogens is 344 g/mol. The SMILES string of the molecule is CC[C@H](Oc1ccccc1)C(=O)NCc1cc2n(n1)CCCN(C(C)=O)C2. The number of hydrogen-bond donors (Lipinski definition) is 1. The van der Waals surface area contributed by atoms with Crippen molar-refractivity contribution in [1.29, 1.82) is 0 Å². The smallest absolute Gasteiger partial charge is 0.261 e. The molecule has 0 bridgehead atoms. The first kappa shape index (κ1) is 18.9. The van der Waals surface area contributed by atoms with Gasteiger partial charge in [-0.2, -0.15) is 5.10 Å². The van der Waals surface area contributed by atoms with Crippen LogP contribution >= 0.6 is 0 Å². The molecule has 2 heterocycles. The zero-order chi connectivity index (χ0) is 19.2. The summed E-state index contributed by atoms with van der Waals surface area (Å²) in [6, 6.07) is 11.3. The van der Waals surface area contributed by atoms with Crippen molar-refractivity contribution in [2.24, 2.45) is 0 Å². The van der Waals surface area contributed by atoms with E-state index in [1.54, 1.807) is 6.92 Å². The number of nitrogens with one attached hydrogen (secondary N) is 1. The van der Waals surface area contributed by atoms with Crippen LogP contribution in [0.25, 0.3) is 0 Å². The van der Waals surface area contributed by atoms with Crippen LogP contribution in [0, 0.1) is 0 Å². The molecule has 0 saturated carbocycles. The molecule has 1 atom stereocenters. The van der Waals surface area contributed by atoms with Crippen molar-refractivity contribution in [2.45, 2.75) is 52.4 Å². The number of rotatable bonds is 6. The number of carbonyl (C=O) groups is 2. The molecular formula is C20H26N4O3. The van der Waals surface area contributed by atoms with E-state index in [-0.39, 0.29) is 11.8 Å². The van der Waals surface area contributed by atoms with Gasteiger partial charge in [-0.1, -0.05) is 25.1 Å². The molecule has 2 amide bonds. The van der Waals surface area contributed by atoms with E-state index in [2.05, 4.69) is 10.4 Å². The van der Waals surface area contributed by atoms with E-state index in [1.165, 1.54) is 0 Å². The predicted molar refractivity (Wildman–Crippen MR) is 101 cm³/mol. The van der Waals surface area contributed by atoms with Crippen molar-refractivity contribution in [3.63, 3.8) is 0 Å². The van der Waals surface area contributed by atoms with Gasteiger partial charge in [0.05, 0.1) is 24.5 Å². The lowest BCUT2D eigenvalue weighted by Crippen LogP contribution is -2.37. The Balaban J connectivity index is 1.59. The summed E-state index contributed by atoms with van der Waals surface area (Å²) in [7, 11) is 0. The average molecular weight is 370 g/mol. The van der Waals surface area contributed by atoms with Gasteiger partial charge in [0.2, 0.25) is 5.91 Å². The Labute approximate surface area is 159 Å². The highest BCUT2D eigenvalue weighted by molar-refractivity contribution is 5.81. The maximum Gasteiger partial charge on any atom is 0.261 e. The number of nitrogens with zero attached hydrogens (tertiary/aromatic N) is 3. The predicted octanol–water partition coefficient (Wildman–Crippen LogP) is 2.11. The molecule has 1 aliphatic heterocycles. The molecule has 1 N–H and O–H groups in total. The number of ether oxygens (including phenoxy) is 1. The highest BCUT2D eigenvalue weighted by Crippen LogP contribution is 2.15. The van der Waals surface area contributed by atoms with Gasteiger partial charge >= 0.3 is 0 Å². The third-order valence-corrected chi connectivity index (χ3v) is 4.64. The molecule has 1 aromatic heterocycles. The molecule has 0 spiro atoms. The second-order valence-electron chi connectivity index (χ2n) is 6.69. The normalized spacial score (nSPS) is 14.8. The Bertz CT molecular complexity index is 788. The summed E-state index contributed by atoms with van der Waals surface area (Å²) in [6.07, 6.45) is 0.915. The molecule has 0 saturated heterocycles. The van der Waals surface area contributed by atoms with Gasteiger partial charge in [0.25, 0.3) is 5.91 Å². The van der Waals surface area contributed by atoms with Crippen LogP contribution in [0.5, 0.6) is 5.75 Å². The molecule has 7 nitrogen and oxygen atoms in total. The lowest BCUT2D eigenvalue weighted by molar-refractivity contribution is -0.129. The summed E-state index contributed by atoms with van der Waals surface area (Å²) < 4.78 is 7.70. The Kier molecular flexibility index (Phi) is 6.11. The van der Waals surface area contributed by atoms with Crippen LogP contribution in [0.2, 0.25) is 0 Å². The van der Waals surface area contributed by atoms with Crippen LogP contribution in [0.1, 0.15) is 38.1 Å². The van der Waals surface area contributed by atoms with Gasteiger partial charge in [0.1, 0.15) is 5.75 Å². The van der Waals surface area contributed by atoms with Crippen LogP contribution in [0.4, 0.5) is 0 Å². The molecule has 0 radical (unpaired) electrons. The summed E-state index contributed by atoms with van der Waals surface area (Å²) >= 11 is 0. The summed E-state index contributed by atoms with van der Waals surface area (Å²) in [5.74, 6) is 0.593. The lowest BCUT2D eigenvalue weighted by atomic mass is 10.2. The van der Waals surface area contributed by atoms with Crippen LogP contribution in [-0.4, -0.2) is 39.1 Å². The largest absolute Gasteiger partial charge is 0.481 e. The monoisotopic (exact) mass is 370 g/mol. The van der Waals surface area contributed by atoms with E-state index in [0.717, 1.165) is 30.9 Å². The minimum Gasteiger partial charge on any atom is -0.481 e. The fraction of sp³-hybridized carbons (Fsp3) is 0.450. The van der Waals surface area contributed by atoms with Gasteiger partial charge in [-0.3, -0.25) is 14.3 Å². The van der Waals surface area contributed by atoms with E-state index in [1.807, 2.05) is 52.9 Å². The van der Waals surface area contributed by atoms with Crippen molar-refractivity contribution in [3.8, 4) is 5.75 Å². The number of benzene rings is 1. The maximum atomic E-state index is 12.5. The number of carbonyl (C=O) groups excluding carboxylic acids is 2. The zero-order valence-corrected chi connectivity index (χ0v) is 15.9. The van der Waals surface area contributed by atoms with E-state index < -0.39 is 6.10 Å². The highest BCUT2D eigenvalue weighted by Gasteiger charge is 2.20. The van der Waals surface area contributed by atoms with Gasteiger partial charge in [-0.25, -0.2) is 0 Å². The Hall–Kier alpha value is -2.83. The number of aryl methyl sites for hydroxylation is 1. The zero-order valence-electron chi connectivity index (χ0n) is 15.9. The first-order chi connectivity index (χ1) is 13.1. The first-order valence-corrected chi connectivity index (χ1v) is 9.37. The molecule has 0 unspecified atom stereocenters. The van der Waals surface area contributed by atoms with Crippen molar-refractivity contribution in [2.75, 3.05) is 6.54 Å². The topological polar surface area (TPSA) is 76.5 Å². The van der Waals surface area contributed by atoms with E-state index in [0.29, 0.717) is 25.3 Å². The Morgan fingerprint density at radius 2 is 2.04 bits per heavy atom. The van der Waals surface area contributed by atoms with Gasteiger partial charge in [0.15, 0.2) is 6.10 Å². The third-order valence-electron chi connectivity index (χ3n) is 4.64. The number of amides is 2. The fourth-order valence-electron chi connectivity index (χ4n) is 3.15. The van der Waals surface area contributed by atoms with Crippen molar-refractivity contribution in [3.05, 3.63) is 47.8 Å². The minimum absolute atomic E-state index is 0.0725. The molecule has 27 heavy (non-hydrogen) atoms. The molecule has 1 aliphatic rings. The summed E-state index contributed by atoms with van der Waals surface area (Å²) in [4.78, 5) is 26.0. The summed E-state index contributed by atoms with van der Waals surface area (Å²) in [5, 5.41) is 7.48. The fourth-order valence-corrected chi connectivity index (χ4v) is 3.15. The molecule has 3 rings (SSSR count). The molecule has 144 valence electrons. The summed E-state index contributed by atoms with van der Waals surface area (Å²) in [6.45, 7) is 5.94.